The summed E-state index contributed by atoms with van der Waals surface area (Å²) in [5.74, 6) is 0.980. The summed E-state index contributed by atoms with van der Waals surface area (Å²) in [5.41, 5.74) is 3.55. The second kappa shape index (κ2) is 9.97. The molecule has 5 rings (SSSR count). The summed E-state index contributed by atoms with van der Waals surface area (Å²) in [6, 6.07) is 19.5. The SMILES string of the molecule is CCN(CC)CCN(C(=O)C1c2ccccc2Oc2ccccc21)c1nc2c(C)c(Cl)ccc2s1. The van der Waals surface area contributed by atoms with Gasteiger partial charge in [-0.15, -0.1) is 0 Å². The zero-order chi connectivity index (χ0) is 24.5. The fourth-order valence-electron chi connectivity index (χ4n) is 4.62. The lowest BCUT2D eigenvalue weighted by atomic mass is 9.87. The van der Waals surface area contributed by atoms with Crippen LogP contribution in [-0.2, 0) is 4.79 Å². The van der Waals surface area contributed by atoms with Crippen LogP contribution in [0.1, 0.15) is 36.5 Å². The molecule has 2 heterocycles. The van der Waals surface area contributed by atoms with E-state index in [1.807, 2.05) is 72.5 Å². The predicted molar refractivity (Wildman–Crippen MR) is 144 cm³/mol. The number of ether oxygens (including phenoxy) is 1. The quantitative estimate of drug-likeness (QED) is 0.275. The Bertz CT molecular complexity index is 1340. The molecule has 35 heavy (non-hydrogen) atoms. The zero-order valence-corrected chi connectivity index (χ0v) is 21.7. The van der Waals surface area contributed by atoms with Crippen LogP contribution in [0, 0.1) is 6.92 Å². The number of aromatic nitrogens is 1. The summed E-state index contributed by atoms with van der Waals surface area (Å²) >= 11 is 7.91. The monoisotopic (exact) mass is 505 g/mol. The van der Waals surface area contributed by atoms with Gasteiger partial charge in [-0.25, -0.2) is 4.98 Å². The van der Waals surface area contributed by atoms with E-state index >= 15 is 0 Å². The molecular weight excluding hydrogens is 478 g/mol. The number of aryl methyl sites for hydroxylation is 1. The molecule has 1 aromatic heterocycles. The van der Waals surface area contributed by atoms with Gasteiger partial charge in [0.25, 0.3) is 0 Å². The van der Waals surface area contributed by atoms with Gasteiger partial charge in [0.05, 0.1) is 16.1 Å². The molecule has 0 aliphatic carbocycles. The smallest absolute Gasteiger partial charge is 0.241 e. The second-order valence-corrected chi connectivity index (χ2v) is 10.1. The summed E-state index contributed by atoms with van der Waals surface area (Å²) in [7, 11) is 0. The molecule has 3 aromatic carbocycles. The molecule has 5 nitrogen and oxygen atoms in total. The molecule has 7 heteroatoms. The fraction of sp³-hybridized carbons (Fsp3) is 0.286. The molecule has 0 saturated heterocycles. The number of likely N-dealkylation sites (N-methyl/N-ethyl adjacent to an activating group) is 1. The number of halogens is 1. The fourth-order valence-corrected chi connectivity index (χ4v) is 5.83. The van der Waals surface area contributed by atoms with Gasteiger partial charge >= 0.3 is 0 Å². The molecule has 0 saturated carbocycles. The van der Waals surface area contributed by atoms with E-state index < -0.39 is 5.92 Å². The summed E-state index contributed by atoms with van der Waals surface area (Å²) in [6.45, 7) is 9.43. The van der Waals surface area contributed by atoms with E-state index in [1.54, 1.807) is 0 Å². The van der Waals surface area contributed by atoms with Crippen LogP contribution in [-0.4, -0.2) is 42.0 Å². The number of fused-ring (bicyclic) bond motifs is 3. The van der Waals surface area contributed by atoms with Gasteiger partial charge in [0, 0.05) is 29.2 Å². The van der Waals surface area contributed by atoms with Crippen molar-refractivity contribution in [2.24, 2.45) is 0 Å². The van der Waals surface area contributed by atoms with Crippen LogP contribution in [0.15, 0.2) is 60.7 Å². The van der Waals surface area contributed by atoms with Crippen LogP contribution in [0.4, 0.5) is 5.13 Å². The first-order valence-corrected chi connectivity index (χ1v) is 13.2. The van der Waals surface area contributed by atoms with E-state index in [2.05, 4.69) is 18.7 Å². The van der Waals surface area contributed by atoms with Crippen LogP contribution in [0.2, 0.25) is 5.02 Å². The minimum atomic E-state index is -0.468. The Kier molecular flexibility index (Phi) is 6.78. The number of nitrogens with zero attached hydrogens (tertiary/aromatic N) is 3. The van der Waals surface area contributed by atoms with E-state index in [-0.39, 0.29) is 5.91 Å². The van der Waals surface area contributed by atoms with Gasteiger partial charge < -0.3 is 9.64 Å². The topological polar surface area (TPSA) is 45.7 Å². The average molecular weight is 506 g/mol. The zero-order valence-electron chi connectivity index (χ0n) is 20.1. The molecule has 0 N–H and O–H groups in total. The average Bonchev–Trinajstić information content (AvgIpc) is 3.32. The number of hydrogen-bond acceptors (Lipinski definition) is 5. The van der Waals surface area contributed by atoms with Crippen LogP contribution in [0.3, 0.4) is 0 Å². The normalized spacial score (nSPS) is 12.9. The van der Waals surface area contributed by atoms with Gasteiger partial charge in [-0.2, -0.15) is 0 Å². The lowest BCUT2D eigenvalue weighted by Crippen LogP contribution is -2.42. The molecule has 0 bridgehead atoms. The molecule has 4 aromatic rings. The number of hydrogen-bond donors (Lipinski definition) is 0. The first-order chi connectivity index (χ1) is 17.0. The Labute approximate surface area is 214 Å². The molecule has 1 aliphatic heterocycles. The van der Waals surface area contributed by atoms with Crippen molar-refractivity contribution in [1.29, 1.82) is 0 Å². The maximum atomic E-state index is 14.4. The van der Waals surface area contributed by atoms with Crippen molar-refractivity contribution in [2.75, 3.05) is 31.1 Å². The van der Waals surface area contributed by atoms with Crippen LogP contribution in [0.5, 0.6) is 11.5 Å². The Morgan fingerprint density at radius 2 is 1.60 bits per heavy atom. The van der Waals surface area contributed by atoms with Crippen molar-refractivity contribution in [3.05, 3.63) is 82.4 Å². The highest BCUT2D eigenvalue weighted by molar-refractivity contribution is 7.22. The molecule has 1 amide bonds. The van der Waals surface area contributed by atoms with E-state index in [0.29, 0.717) is 16.7 Å². The summed E-state index contributed by atoms with van der Waals surface area (Å²) < 4.78 is 7.17. The van der Waals surface area contributed by atoms with E-state index in [1.165, 1.54) is 11.3 Å². The minimum absolute atomic E-state index is 0.00293. The first-order valence-electron chi connectivity index (χ1n) is 12.0. The third kappa shape index (κ3) is 4.42. The van der Waals surface area contributed by atoms with Crippen LogP contribution < -0.4 is 9.64 Å². The standard InChI is InChI=1S/C28H28ClN3O2S/c1-4-31(5-2)16-17-32(28-30-26-18(3)21(29)14-15-24(26)35-28)27(33)25-19-10-6-8-12-22(19)34-23-13-9-7-11-20(23)25/h6-15,25H,4-5,16-17H2,1-3H3. The Morgan fingerprint density at radius 3 is 2.23 bits per heavy atom. The number of carbonyl (C=O) groups excluding carboxylic acids is 1. The molecule has 0 spiro atoms. The number of benzene rings is 3. The summed E-state index contributed by atoms with van der Waals surface area (Å²) in [6.07, 6.45) is 0. The Hall–Kier alpha value is -2.93. The maximum absolute atomic E-state index is 14.4. The van der Waals surface area contributed by atoms with E-state index in [0.717, 1.165) is 58.0 Å². The van der Waals surface area contributed by atoms with Crippen LogP contribution >= 0.6 is 22.9 Å². The highest BCUT2D eigenvalue weighted by Crippen LogP contribution is 2.45. The molecule has 0 atom stereocenters. The lowest BCUT2D eigenvalue weighted by molar-refractivity contribution is -0.119. The van der Waals surface area contributed by atoms with Crippen molar-refractivity contribution in [3.63, 3.8) is 0 Å². The highest BCUT2D eigenvalue weighted by Gasteiger charge is 2.36. The van der Waals surface area contributed by atoms with Crippen molar-refractivity contribution >= 4 is 44.2 Å². The van der Waals surface area contributed by atoms with Crippen LogP contribution in [0.25, 0.3) is 10.2 Å². The largest absolute Gasteiger partial charge is 0.457 e. The number of thiazole rings is 1. The van der Waals surface area contributed by atoms with Crippen molar-refractivity contribution in [2.45, 2.75) is 26.7 Å². The molecule has 180 valence electrons. The second-order valence-electron chi connectivity index (χ2n) is 8.64. The molecule has 0 fully saturated rings. The van der Waals surface area contributed by atoms with Crippen molar-refractivity contribution in [1.82, 2.24) is 9.88 Å². The highest BCUT2D eigenvalue weighted by atomic mass is 35.5. The minimum Gasteiger partial charge on any atom is -0.457 e. The number of anilines is 1. The van der Waals surface area contributed by atoms with E-state index in [9.17, 15) is 4.79 Å². The maximum Gasteiger partial charge on any atom is 0.241 e. The number of amides is 1. The molecular formula is C28H28ClN3O2S. The van der Waals surface area contributed by atoms with Gasteiger partial charge in [0.15, 0.2) is 5.13 Å². The molecule has 1 aliphatic rings. The third-order valence-corrected chi connectivity index (χ3v) is 8.15. The molecule has 0 unspecified atom stereocenters. The first kappa shape index (κ1) is 23.8. The van der Waals surface area contributed by atoms with Crippen molar-refractivity contribution < 1.29 is 9.53 Å². The number of carbonyl (C=O) groups is 1. The number of rotatable bonds is 7. The summed E-state index contributed by atoms with van der Waals surface area (Å²) in [5, 5.41) is 1.38. The molecule has 0 radical (unpaired) electrons. The van der Waals surface area contributed by atoms with Gasteiger partial charge in [-0.3, -0.25) is 9.69 Å². The van der Waals surface area contributed by atoms with Gasteiger partial charge in [-0.1, -0.05) is 73.2 Å². The van der Waals surface area contributed by atoms with E-state index in [4.69, 9.17) is 21.3 Å². The van der Waals surface area contributed by atoms with Crippen molar-refractivity contribution in [3.8, 4) is 11.5 Å². The van der Waals surface area contributed by atoms with Gasteiger partial charge in [-0.05, 0) is 49.8 Å². The van der Waals surface area contributed by atoms with Gasteiger partial charge in [0.2, 0.25) is 5.91 Å². The van der Waals surface area contributed by atoms with Gasteiger partial charge in [0.1, 0.15) is 11.5 Å². The Balaban J connectivity index is 1.61. The number of para-hydroxylation sites is 2. The summed E-state index contributed by atoms with van der Waals surface area (Å²) in [4.78, 5) is 23.5. The Morgan fingerprint density at radius 1 is 0.971 bits per heavy atom. The predicted octanol–water partition coefficient (Wildman–Crippen LogP) is 6.87. The lowest BCUT2D eigenvalue weighted by Gasteiger charge is -2.32. The third-order valence-electron chi connectivity index (χ3n) is 6.69.